The lowest BCUT2D eigenvalue weighted by Gasteiger charge is -2.14. The van der Waals surface area contributed by atoms with E-state index >= 15 is 0 Å². The van der Waals surface area contributed by atoms with Crippen molar-refractivity contribution in [3.05, 3.63) is 47.5 Å². The molecule has 0 radical (unpaired) electrons. The zero-order valence-corrected chi connectivity index (χ0v) is 16.0. The molecule has 140 valence electrons. The van der Waals surface area contributed by atoms with Crippen molar-refractivity contribution in [1.82, 2.24) is 5.32 Å². The molecule has 0 aliphatic rings. The minimum atomic E-state index is -3.85. The number of sulfonamides is 1. The number of rotatable bonds is 7. The number of amides is 1. The third-order valence-corrected chi connectivity index (χ3v) is 5.08. The Morgan fingerprint density at radius 1 is 1.15 bits per heavy atom. The van der Waals surface area contributed by atoms with Crippen LogP contribution in [0.4, 0.5) is 5.69 Å². The molecule has 1 atom stereocenters. The van der Waals surface area contributed by atoms with Crippen LogP contribution in [0, 0.1) is 0 Å². The first kappa shape index (κ1) is 19.9. The Morgan fingerprint density at radius 2 is 1.81 bits per heavy atom. The summed E-state index contributed by atoms with van der Waals surface area (Å²) in [6.07, 6.45) is -0.698. The fourth-order valence-corrected chi connectivity index (χ4v) is 3.36. The summed E-state index contributed by atoms with van der Waals surface area (Å²) >= 11 is 5.92. The number of ether oxygens (including phenoxy) is 2. The summed E-state index contributed by atoms with van der Waals surface area (Å²) < 4.78 is 38.1. The molecule has 0 fully saturated rings. The summed E-state index contributed by atoms with van der Waals surface area (Å²) in [5.41, 5.74) is 0.230. The van der Waals surface area contributed by atoms with Crippen LogP contribution in [-0.2, 0) is 14.8 Å². The van der Waals surface area contributed by atoms with Gasteiger partial charge in [0.05, 0.1) is 17.7 Å². The fourth-order valence-electron chi connectivity index (χ4n) is 2.12. The van der Waals surface area contributed by atoms with Crippen molar-refractivity contribution in [2.75, 3.05) is 18.9 Å². The van der Waals surface area contributed by atoms with E-state index in [0.29, 0.717) is 16.5 Å². The zero-order valence-electron chi connectivity index (χ0n) is 14.4. The van der Waals surface area contributed by atoms with E-state index in [1.165, 1.54) is 44.5 Å². The van der Waals surface area contributed by atoms with Gasteiger partial charge < -0.3 is 14.8 Å². The van der Waals surface area contributed by atoms with Gasteiger partial charge in [0.25, 0.3) is 15.9 Å². The van der Waals surface area contributed by atoms with Crippen LogP contribution in [0.5, 0.6) is 11.5 Å². The van der Waals surface area contributed by atoms with E-state index in [-0.39, 0.29) is 16.5 Å². The second-order valence-corrected chi connectivity index (χ2v) is 7.41. The van der Waals surface area contributed by atoms with Gasteiger partial charge in [-0.15, -0.1) is 0 Å². The third kappa shape index (κ3) is 4.80. The van der Waals surface area contributed by atoms with Gasteiger partial charge >= 0.3 is 0 Å². The molecule has 0 bridgehead atoms. The largest absolute Gasteiger partial charge is 0.495 e. The summed E-state index contributed by atoms with van der Waals surface area (Å²) in [6, 6.07) is 10.3. The average molecular weight is 399 g/mol. The number of likely N-dealkylation sites (N-methyl/N-ethyl adjacent to an activating group) is 1. The van der Waals surface area contributed by atoms with E-state index < -0.39 is 16.1 Å². The van der Waals surface area contributed by atoms with Crippen LogP contribution in [0.2, 0.25) is 5.02 Å². The quantitative estimate of drug-likeness (QED) is 0.747. The number of anilines is 1. The number of benzene rings is 2. The van der Waals surface area contributed by atoms with Crippen LogP contribution >= 0.6 is 11.6 Å². The summed E-state index contributed by atoms with van der Waals surface area (Å²) in [6.45, 7) is 1.59. The van der Waals surface area contributed by atoms with Gasteiger partial charge in [0.2, 0.25) is 0 Å². The molecule has 0 saturated heterocycles. The molecule has 26 heavy (non-hydrogen) atoms. The van der Waals surface area contributed by atoms with Crippen molar-refractivity contribution in [1.29, 1.82) is 0 Å². The predicted octanol–water partition coefficient (Wildman–Crippen LogP) is 2.66. The SMILES string of the molecule is CNC(=O)[C@H](C)Oc1ccc(S(=O)(=O)Nc2cc(Cl)ccc2OC)cc1. The average Bonchev–Trinajstić information content (AvgIpc) is 2.61. The molecule has 1 amide bonds. The number of hydrogen-bond acceptors (Lipinski definition) is 5. The van der Waals surface area contributed by atoms with Gasteiger partial charge in [-0.05, 0) is 49.4 Å². The topological polar surface area (TPSA) is 93.7 Å². The van der Waals surface area contributed by atoms with E-state index in [1.54, 1.807) is 19.1 Å². The molecule has 0 heterocycles. The van der Waals surface area contributed by atoms with Gasteiger partial charge in [-0.3, -0.25) is 9.52 Å². The van der Waals surface area contributed by atoms with Crippen molar-refractivity contribution in [3.8, 4) is 11.5 Å². The molecule has 0 aromatic heterocycles. The first-order valence-electron chi connectivity index (χ1n) is 7.61. The maximum Gasteiger partial charge on any atom is 0.262 e. The van der Waals surface area contributed by atoms with Crippen molar-refractivity contribution in [2.24, 2.45) is 0 Å². The fraction of sp³-hybridized carbons (Fsp3) is 0.235. The van der Waals surface area contributed by atoms with Crippen LogP contribution in [0.25, 0.3) is 0 Å². The number of hydrogen-bond donors (Lipinski definition) is 2. The van der Waals surface area contributed by atoms with Crippen molar-refractivity contribution in [3.63, 3.8) is 0 Å². The predicted molar refractivity (Wildman–Crippen MR) is 99.4 cm³/mol. The van der Waals surface area contributed by atoms with Gasteiger partial charge in [-0.2, -0.15) is 0 Å². The minimum absolute atomic E-state index is 0.0273. The highest BCUT2D eigenvalue weighted by Crippen LogP contribution is 2.30. The molecule has 2 N–H and O–H groups in total. The van der Waals surface area contributed by atoms with Crippen LogP contribution in [0.1, 0.15) is 6.92 Å². The highest BCUT2D eigenvalue weighted by molar-refractivity contribution is 7.92. The van der Waals surface area contributed by atoms with E-state index in [4.69, 9.17) is 21.1 Å². The van der Waals surface area contributed by atoms with Gasteiger partial charge in [0.1, 0.15) is 11.5 Å². The lowest BCUT2D eigenvalue weighted by molar-refractivity contribution is -0.126. The van der Waals surface area contributed by atoms with Gasteiger partial charge in [-0.25, -0.2) is 8.42 Å². The highest BCUT2D eigenvalue weighted by Gasteiger charge is 2.18. The van der Waals surface area contributed by atoms with Crippen LogP contribution in [0.3, 0.4) is 0 Å². The summed E-state index contributed by atoms with van der Waals surface area (Å²) in [5.74, 6) is 0.439. The van der Waals surface area contributed by atoms with Crippen molar-refractivity contribution < 1.29 is 22.7 Å². The summed E-state index contributed by atoms with van der Waals surface area (Å²) in [4.78, 5) is 11.5. The smallest absolute Gasteiger partial charge is 0.262 e. The molecular formula is C17H19ClN2O5S. The maximum atomic E-state index is 12.6. The molecule has 7 nitrogen and oxygen atoms in total. The lowest BCUT2D eigenvalue weighted by Crippen LogP contribution is -2.33. The molecule has 0 saturated carbocycles. The number of carbonyl (C=O) groups is 1. The molecule has 0 aliphatic heterocycles. The minimum Gasteiger partial charge on any atom is -0.495 e. The molecule has 9 heteroatoms. The maximum absolute atomic E-state index is 12.6. The standard InChI is InChI=1S/C17H19ClN2O5S/c1-11(17(21)19-2)25-13-5-7-14(8-6-13)26(22,23)20-15-10-12(18)4-9-16(15)24-3/h4-11,20H,1-3H3,(H,19,21)/t11-/m0/s1. The van der Waals surface area contributed by atoms with Crippen LogP contribution in [0.15, 0.2) is 47.4 Å². The van der Waals surface area contributed by atoms with E-state index in [1.807, 2.05) is 0 Å². The van der Waals surface area contributed by atoms with Crippen LogP contribution in [-0.4, -0.2) is 34.6 Å². The van der Waals surface area contributed by atoms with E-state index in [0.717, 1.165) is 0 Å². The van der Waals surface area contributed by atoms with E-state index in [9.17, 15) is 13.2 Å². The van der Waals surface area contributed by atoms with Crippen LogP contribution < -0.4 is 19.5 Å². The molecule has 2 aromatic carbocycles. The highest BCUT2D eigenvalue weighted by atomic mass is 35.5. The molecule has 0 spiro atoms. The second kappa shape index (κ2) is 8.29. The molecule has 2 rings (SSSR count). The Bertz CT molecular complexity index is 885. The number of methoxy groups -OCH3 is 1. The summed E-state index contributed by atoms with van der Waals surface area (Å²) in [7, 11) is -0.913. The Morgan fingerprint density at radius 3 is 2.38 bits per heavy atom. The Labute approximate surface area is 157 Å². The van der Waals surface area contributed by atoms with Gasteiger partial charge in [-0.1, -0.05) is 11.6 Å². The molecule has 0 aliphatic carbocycles. The van der Waals surface area contributed by atoms with Crippen molar-refractivity contribution in [2.45, 2.75) is 17.9 Å². The van der Waals surface area contributed by atoms with Crippen molar-refractivity contribution >= 4 is 33.2 Å². The Balaban J connectivity index is 2.20. The van der Waals surface area contributed by atoms with Gasteiger partial charge in [0, 0.05) is 12.1 Å². The Hall–Kier alpha value is -2.45. The third-order valence-electron chi connectivity index (χ3n) is 3.47. The molecule has 0 unspecified atom stereocenters. The van der Waals surface area contributed by atoms with E-state index in [2.05, 4.69) is 10.0 Å². The normalized spacial score (nSPS) is 12.2. The first-order valence-corrected chi connectivity index (χ1v) is 9.47. The lowest BCUT2D eigenvalue weighted by atomic mass is 10.3. The zero-order chi connectivity index (χ0) is 19.3. The van der Waals surface area contributed by atoms with Gasteiger partial charge in [0.15, 0.2) is 6.10 Å². The monoisotopic (exact) mass is 398 g/mol. The summed E-state index contributed by atoms with van der Waals surface area (Å²) in [5, 5.41) is 2.84. The second-order valence-electron chi connectivity index (χ2n) is 5.30. The number of halogens is 1. The first-order chi connectivity index (χ1) is 12.3. The molecule has 2 aromatic rings. The number of carbonyl (C=O) groups excluding carboxylic acids is 1. The Kier molecular flexibility index (Phi) is 6.33. The molecular weight excluding hydrogens is 380 g/mol. The number of nitrogens with one attached hydrogen (secondary N) is 2.